The Morgan fingerprint density at radius 3 is 2.76 bits per heavy atom. The Labute approximate surface area is 128 Å². The minimum absolute atomic E-state index is 0.158. The smallest absolute Gasteiger partial charge is 0.131 e. The van der Waals surface area contributed by atoms with Crippen LogP contribution >= 0.6 is 11.6 Å². The van der Waals surface area contributed by atoms with Gasteiger partial charge in [-0.1, -0.05) is 18.5 Å². The Hall–Kier alpha value is -1.59. The second-order valence-electron chi connectivity index (χ2n) is 4.83. The van der Waals surface area contributed by atoms with Crippen LogP contribution in [0.2, 0.25) is 5.02 Å². The van der Waals surface area contributed by atoms with Crippen molar-refractivity contribution >= 4 is 11.6 Å². The summed E-state index contributed by atoms with van der Waals surface area (Å²) in [7, 11) is 1.78. The number of ether oxygens (including phenoxy) is 1. The van der Waals surface area contributed by atoms with Gasteiger partial charge in [-0.05, 0) is 25.5 Å². The minimum Gasteiger partial charge on any atom is -0.487 e. The summed E-state index contributed by atoms with van der Waals surface area (Å²) in [6, 6.07) is 4.06. The highest BCUT2D eigenvalue weighted by atomic mass is 35.5. The fourth-order valence-corrected chi connectivity index (χ4v) is 2.45. The number of benzene rings is 1. The van der Waals surface area contributed by atoms with Gasteiger partial charge >= 0.3 is 0 Å². The largest absolute Gasteiger partial charge is 0.487 e. The summed E-state index contributed by atoms with van der Waals surface area (Å²) in [4.78, 5) is 0. The molecule has 1 atom stereocenters. The van der Waals surface area contributed by atoms with Gasteiger partial charge in [0.2, 0.25) is 0 Å². The summed E-state index contributed by atoms with van der Waals surface area (Å²) in [5.41, 5.74) is 2.05. The second-order valence-corrected chi connectivity index (χ2v) is 5.21. The number of nitrogens with zero attached hydrogens (tertiary/aromatic N) is 2. The van der Waals surface area contributed by atoms with Crippen LogP contribution < -0.4 is 4.74 Å². The van der Waals surface area contributed by atoms with Gasteiger partial charge in [-0.3, -0.25) is 4.68 Å². The molecular weight excluding hydrogens is 295 g/mol. The van der Waals surface area contributed by atoms with Crippen molar-refractivity contribution in [1.82, 2.24) is 9.78 Å². The first kappa shape index (κ1) is 15.8. The van der Waals surface area contributed by atoms with E-state index in [4.69, 9.17) is 16.3 Å². The van der Waals surface area contributed by atoms with Gasteiger partial charge in [-0.25, -0.2) is 4.39 Å². The zero-order chi connectivity index (χ0) is 15.6. The molecule has 6 heteroatoms. The lowest BCUT2D eigenvalue weighted by Gasteiger charge is -2.13. The molecular formula is C15H18ClFN2O2. The molecule has 114 valence electrons. The van der Waals surface area contributed by atoms with Crippen LogP contribution in [-0.4, -0.2) is 14.9 Å². The lowest BCUT2D eigenvalue weighted by atomic mass is 10.1. The molecule has 1 aromatic heterocycles. The Bertz CT molecular complexity index is 641. The minimum atomic E-state index is -0.742. The van der Waals surface area contributed by atoms with Crippen molar-refractivity contribution in [1.29, 1.82) is 0 Å². The van der Waals surface area contributed by atoms with E-state index in [-0.39, 0.29) is 6.61 Å². The molecule has 2 aromatic rings. The van der Waals surface area contributed by atoms with Crippen molar-refractivity contribution in [3.05, 3.63) is 46.0 Å². The number of aliphatic hydroxyl groups is 1. The summed E-state index contributed by atoms with van der Waals surface area (Å²) < 4.78 is 20.6. The highest BCUT2D eigenvalue weighted by Gasteiger charge is 2.15. The molecule has 1 N–H and O–H groups in total. The Balaban J connectivity index is 2.24. The maximum atomic E-state index is 13.3. The van der Waals surface area contributed by atoms with Crippen LogP contribution in [0.15, 0.2) is 18.2 Å². The molecule has 0 radical (unpaired) electrons. The average Bonchev–Trinajstić information content (AvgIpc) is 2.71. The maximum absolute atomic E-state index is 13.3. The Morgan fingerprint density at radius 1 is 1.48 bits per heavy atom. The van der Waals surface area contributed by atoms with Crippen molar-refractivity contribution in [2.45, 2.75) is 33.0 Å². The van der Waals surface area contributed by atoms with Crippen molar-refractivity contribution in [2.24, 2.45) is 7.05 Å². The van der Waals surface area contributed by atoms with E-state index in [1.807, 2.05) is 6.92 Å². The van der Waals surface area contributed by atoms with Crippen LogP contribution in [0.3, 0.4) is 0 Å². The monoisotopic (exact) mass is 312 g/mol. The lowest BCUT2D eigenvalue weighted by molar-refractivity contribution is 0.189. The number of aryl methyl sites for hydroxylation is 2. The first-order chi connectivity index (χ1) is 9.93. The molecule has 0 aliphatic heterocycles. The Morgan fingerprint density at radius 2 is 2.19 bits per heavy atom. The summed E-state index contributed by atoms with van der Waals surface area (Å²) >= 11 is 6.24. The van der Waals surface area contributed by atoms with E-state index in [1.165, 1.54) is 18.2 Å². The van der Waals surface area contributed by atoms with E-state index >= 15 is 0 Å². The highest BCUT2D eigenvalue weighted by Crippen LogP contribution is 2.28. The first-order valence-corrected chi connectivity index (χ1v) is 7.12. The van der Waals surface area contributed by atoms with E-state index in [1.54, 1.807) is 18.7 Å². The summed E-state index contributed by atoms with van der Waals surface area (Å²) in [5.74, 6) is -0.111. The summed E-state index contributed by atoms with van der Waals surface area (Å²) in [6.45, 7) is 3.73. The average molecular weight is 313 g/mol. The van der Waals surface area contributed by atoms with E-state index < -0.39 is 11.9 Å². The fourth-order valence-electron chi connectivity index (χ4n) is 2.10. The molecule has 0 fully saturated rings. The maximum Gasteiger partial charge on any atom is 0.131 e. The number of rotatable bonds is 5. The van der Waals surface area contributed by atoms with Gasteiger partial charge in [0.05, 0.1) is 22.5 Å². The number of hydrogen-bond acceptors (Lipinski definition) is 3. The predicted molar refractivity (Wildman–Crippen MR) is 79.0 cm³/mol. The highest BCUT2D eigenvalue weighted by molar-refractivity contribution is 6.31. The summed E-state index contributed by atoms with van der Waals surface area (Å²) in [5, 5.41) is 14.6. The van der Waals surface area contributed by atoms with E-state index in [9.17, 15) is 9.50 Å². The molecule has 0 aliphatic carbocycles. The predicted octanol–water partition coefficient (Wildman–Crippen LogP) is 3.41. The molecule has 0 aliphatic rings. The van der Waals surface area contributed by atoms with Crippen LogP contribution in [0, 0.1) is 5.82 Å². The molecule has 0 spiro atoms. The van der Waals surface area contributed by atoms with Crippen LogP contribution in [0.4, 0.5) is 4.39 Å². The van der Waals surface area contributed by atoms with Crippen molar-refractivity contribution in [3.63, 3.8) is 0 Å². The van der Waals surface area contributed by atoms with E-state index in [0.717, 1.165) is 12.1 Å². The summed E-state index contributed by atoms with van der Waals surface area (Å²) in [6.07, 6.45) is -0.0141. The standard InChI is InChI=1S/C15H18ClFN2O2/c1-4-12-15(16)13(19(3)18-12)8-21-14-7-10(17)5-6-11(14)9(2)20/h5-7,9,20H,4,8H2,1-3H3/t9-/m0/s1. The molecule has 0 bridgehead atoms. The van der Waals surface area contributed by atoms with Crippen LogP contribution in [0.5, 0.6) is 5.75 Å². The molecule has 21 heavy (non-hydrogen) atoms. The van der Waals surface area contributed by atoms with Gasteiger partial charge in [-0.15, -0.1) is 0 Å². The van der Waals surface area contributed by atoms with E-state index in [2.05, 4.69) is 5.10 Å². The quantitative estimate of drug-likeness (QED) is 0.920. The zero-order valence-electron chi connectivity index (χ0n) is 12.2. The molecule has 0 unspecified atom stereocenters. The number of aliphatic hydroxyl groups excluding tert-OH is 1. The van der Waals surface area contributed by atoms with Gasteiger partial charge in [0.1, 0.15) is 18.2 Å². The van der Waals surface area contributed by atoms with Crippen LogP contribution in [0.1, 0.15) is 36.9 Å². The molecule has 0 saturated heterocycles. The van der Waals surface area contributed by atoms with Gasteiger partial charge < -0.3 is 9.84 Å². The third-order valence-electron chi connectivity index (χ3n) is 3.29. The fraction of sp³-hybridized carbons (Fsp3) is 0.400. The number of halogens is 2. The molecule has 2 rings (SSSR count). The van der Waals surface area contributed by atoms with Gasteiger partial charge in [-0.2, -0.15) is 5.10 Å². The number of hydrogen-bond donors (Lipinski definition) is 1. The lowest BCUT2D eigenvalue weighted by Crippen LogP contribution is -2.06. The zero-order valence-corrected chi connectivity index (χ0v) is 13.0. The molecule has 1 aromatic carbocycles. The van der Waals surface area contributed by atoms with Crippen molar-refractivity contribution < 1.29 is 14.2 Å². The topological polar surface area (TPSA) is 47.3 Å². The SMILES string of the molecule is CCc1nn(C)c(COc2cc(F)ccc2[C@H](C)O)c1Cl. The van der Waals surface area contributed by atoms with Gasteiger partial charge in [0.25, 0.3) is 0 Å². The second kappa shape index (κ2) is 6.45. The van der Waals surface area contributed by atoms with Gasteiger partial charge in [0, 0.05) is 18.7 Å². The van der Waals surface area contributed by atoms with Crippen LogP contribution in [0.25, 0.3) is 0 Å². The Kier molecular flexibility index (Phi) is 4.85. The third kappa shape index (κ3) is 3.36. The molecule has 1 heterocycles. The van der Waals surface area contributed by atoms with Gasteiger partial charge in [0.15, 0.2) is 0 Å². The molecule has 4 nitrogen and oxygen atoms in total. The normalized spacial score (nSPS) is 12.5. The molecule has 0 amide bonds. The third-order valence-corrected chi connectivity index (χ3v) is 3.73. The first-order valence-electron chi connectivity index (χ1n) is 6.74. The van der Waals surface area contributed by atoms with Crippen LogP contribution in [-0.2, 0) is 20.1 Å². The van der Waals surface area contributed by atoms with Crippen molar-refractivity contribution in [3.8, 4) is 5.75 Å². The molecule has 0 saturated carbocycles. The van der Waals surface area contributed by atoms with Crippen molar-refractivity contribution in [2.75, 3.05) is 0 Å². The number of aromatic nitrogens is 2. The van der Waals surface area contributed by atoms with E-state index in [0.29, 0.717) is 22.0 Å².